The number of rotatable bonds is 6. The van der Waals surface area contributed by atoms with Crippen LogP contribution in [0.4, 0.5) is 0 Å². The van der Waals surface area contributed by atoms with E-state index in [1.54, 1.807) is 17.4 Å². The first-order chi connectivity index (χ1) is 10.1. The summed E-state index contributed by atoms with van der Waals surface area (Å²) in [7, 11) is 0. The number of aliphatic hydroxyl groups is 1. The zero-order chi connectivity index (χ0) is 15.2. The van der Waals surface area contributed by atoms with Gasteiger partial charge >= 0.3 is 0 Å². The smallest absolute Gasteiger partial charge is 0.240 e. The Morgan fingerprint density at radius 2 is 2.52 bits per heavy atom. The second kappa shape index (κ2) is 7.73. The summed E-state index contributed by atoms with van der Waals surface area (Å²) >= 11 is 1.66. The Kier molecular flexibility index (Phi) is 5.96. The molecule has 1 N–H and O–H groups in total. The number of thiophene rings is 1. The van der Waals surface area contributed by atoms with E-state index in [1.807, 2.05) is 29.3 Å². The molecule has 1 aliphatic rings. The number of amides is 1. The summed E-state index contributed by atoms with van der Waals surface area (Å²) in [6, 6.07) is 3.85. The Morgan fingerprint density at radius 1 is 1.71 bits per heavy atom. The van der Waals surface area contributed by atoms with Crippen molar-refractivity contribution in [1.82, 2.24) is 9.80 Å². The molecule has 116 valence electrons. The largest absolute Gasteiger partial charge is 0.392 e. The van der Waals surface area contributed by atoms with Crippen LogP contribution in [0.1, 0.15) is 24.6 Å². The molecule has 2 heterocycles. The van der Waals surface area contributed by atoms with E-state index >= 15 is 0 Å². The standard InChI is InChI=1S/C16H24N2O2S/c1-3-8-18(12-15-7-5-10-21-15)16(20)13(2)17-9-4-6-14(19)11-17/h3,5,7,10,13-14,19H,1,4,6,8-9,11-12H2,2H3. The fourth-order valence-electron chi connectivity index (χ4n) is 2.73. The molecule has 2 unspecified atom stereocenters. The molecule has 1 amide bonds. The van der Waals surface area contributed by atoms with Crippen molar-refractivity contribution in [2.75, 3.05) is 19.6 Å². The summed E-state index contributed by atoms with van der Waals surface area (Å²) < 4.78 is 0. The minimum Gasteiger partial charge on any atom is -0.392 e. The SMILES string of the molecule is C=CCN(Cc1cccs1)C(=O)C(C)N1CCCC(O)C1. The van der Waals surface area contributed by atoms with E-state index in [9.17, 15) is 9.90 Å². The minimum absolute atomic E-state index is 0.109. The van der Waals surface area contributed by atoms with Gasteiger partial charge in [0.1, 0.15) is 0 Å². The van der Waals surface area contributed by atoms with Crippen molar-refractivity contribution in [3.63, 3.8) is 0 Å². The molecule has 2 rings (SSSR count). The number of carbonyl (C=O) groups excluding carboxylic acids is 1. The number of nitrogens with zero attached hydrogens (tertiary/aromatic N) is 2. The second-order valence-electron chi connectivity index (χ2n) is 5.55. The van der Waals surface area contributed by atoms with Gasteiger partial charge in [0, 0.05) is 18.0 Å². The third-order valence-electron chi connectivity index (χ3n) is 3.92. The molecule has 4 nitrogen and oxygen atoms in total. The molecule has 0 aromatic carbocycles. The molecule has 0 saturated carbocycles. The van der Waals surface area contributed by atoms with Crippen LogP contribution in [0, 0.1) is 0 Å². The summed E-state index contributed by atoms with van der Waals surface area (Å²) in [6.07, 6.45) is 3.25. The van der Waals surface area contributed by atoms with E-state index in [4.69, 9.17) is 0 Å². The Hall–Kier alpha value is -1.17. The van der Waals surface area contributed by atoms with Crippen LogP contribution in [0.2, 0.25) is 0 Å². The molecule has 1 aliphatic heterocycles. The first kappa shape index (κ1) is 16.2. The third kappa shape index (κ3) is 4.40. The summed E-state index contributed by atoms with van der Waals surface area (Å²) in [6.45, 7) is 8.34. The molecule has 2 atom stereocenters. The molecule has 5 heteroatoms. The lowest BCUT2D eigenvalue weighted by molar-refractivity contribution is -0.137. The van der Waals surface area contributed by atoms with Crippen molar-refractivity contribution < 1.29 is 9.90 Å². The Labute approximate surface area is 130 Å². The quantitative estimate of drug-likeness (QED) is 0.819. The van der Waals surface area contributed by atoms with Crippen molar-refractivity contribution >= 4 is 17.2 Å². The van der Waals surface area contributed by atoms with Crippen molar-refractivity contribution in [2.45, 2.75) is 38.5 Å². The van der Waals surface area contributed by atoms with E-state index in [-0.39, 0.29) is 18.1 Å². The fraction of sp³-hybridized carbons (Fsp3) is 0.562. The molecule has 0 radical (unpaired) electrons. The number of piperidine rings is 1. The lowest BCUT2D eigenvalue weighted by atomic mass is 10.1. The molecule has 0 spiro atoms. The van der Waals surface area contributed by atoms with Crippen LogP contribution >= 0.6 is 11.3 Å². The van der Waals surface area contributed by atoms with Gasteiger partial charge in [-0.3, -0.25) is 9.69 Å². The third-order valence-corrected chi connectivity index (χ3v) is 4.78. The first-order valence-electron chi connectivity index (χ1n) is 7.46. The Morgan fingerprint density at radius 3 is 3.14 bits per heavy atom. The zero-order valence-corrected chi connectivity index (χ0v) is 13.4. The van der Waals surface area contributed by atoms with Crippen LogP contribution in [0.25, 0.3) is 0 Å². The molecule has 1 aromatic rings. The normalized spacial score (nSPS) is 21.0. The molecule has 0 bridgehead atoms. The van der Waals surface area contributed by atoms with E-state index in [1.165, 1.54) is 4.88 Å². The number of hydrogen-bond donors (Lipinski definition) is 1. The number of hydrogen-bond acceptors (Lipinski definition) is 4. The van der Waals surface area contributed by atoms with Gasteiger partial charge in [-0.05, 0) is 37.8 Å². The topological polar surface area (TPSA) is 43.8 Å². The van der Waals surface area contributed by atoms with Crippen molar-refractivity contribution in [3.8, 4) is 0 Å². The maximum Gasteiger partial charge on any atom is 0.240 e. The lowest BCUT2D eigenvalue weighted by Gasteiger charge is -2.36. The summed E-state index contributed by atoms with van der Waals surface area (Å²) in [5.41, 5.74) is 0. The van der Waals surface area contributed by atoms with Crippen LogP contribution in [-0.4, -0.2) is 52.6 Å². The van der Waals surface area contributed by atoms with Gasteiger partial charge in [-0.2, -0.15) is 0 Å². The highest BCUT2D eigenvalue weighted by molar-refractivity contribution is 7.09. The molecule has 1 fully saturated rings. The number of β-amino-alcohol motifs (C(OH)–C–C–N with tert-alkyl or cyclic N) is 1. The van der Waals surface area contributed by atoms with Crippen molar-refractivity contribution in [1.29, 1.82) is 0 Å². The van der Waals surface area contributed by atoms with Crippen LogP contribution in [0.3, 0.4) is 0 Å². The molecular formula is C16H24N2O2S. The van der Waals surface area contributed by atoms with E-state index in [0.717, 1.165) is 19.4 Å². The Balaban J connectivity index is 2.00. The molecule has 21 heavy (non-hydrogen) atoms. The van der Waals surface area contributed by atoms with Gasteiger partial charge in [-0.15, -0.1) is 17.9 Å². The average Bonchev–Trinajstić information content (AvgIpc) is 2.98. The average molecular weight is 308 g/mol. The van der Waals surface area contributed by atoms with E-state index < -0.39 is 0 Å². The van der Waals surface area contributed by atoms with Crippen molar-refractivity contribution in [2.24, 2.45) is 0 Å². The molecular weight excluding hydrogens is 284 g/mol. The molecule has 1 aromatic heterocycles. The number of carbonyl (C=O) groups is 1. The Bertz CT molecular complexity index is 461. The highest BCUT2D eigenvalue weighted by Gasteiger charge is 2.29. The van der Waals surface area contributed by atoms with Gasteiger partial charge < -0.3 is 10.0 Å². The van der Waals surface area contributed by atoms with Crippen LogP contribution in [0.5, 0.6) is 0 Å². The number of likely N-dealkylation sites (tertiary alicyclic amines) is 1. The predicted octanol–water partition coefficient (Wildman–Crippen LogP) is 2.11. The maximum absolute atomic E-state index is 12.7. The van der Waals surface area contributed by atoms with E-state index in [2.05, 4.69) is 11.5 Å². The molecule has 0 aliphatic carbocycles. The van der Waals surface area contributed by atoms with Gasteiger partial charge in [0.25, 0.3) is 0 Å². The zero-order valence-electron chi connectivity index (χ0n) is 12.6. The van der Waals surface area contributed by atoms with Crippen LogP contribution in [-0.2, 0) is 11.3 Å². The lowest BCUT2D eigenvalue weighted by Crippen LogP contribution is -2.51. The first-order valence-corrected chi connectivity index (χ1v) is 8.34. The van der Waals surface area contributed by atoms with E-state index in [0.29, 0.717) is 19.6 Å². The van der Waals surface area contributed by atoms with Crippen LogP contribution in [0.15, 0.2) is 30.2 Å². The fourth-order valence-corrected chi connectivity index (χ4v) is 3.45. The monoisotopic (exact) mass is 308 g/mol. The maximum atomic E-state index is 12.7. The highest BCUT2D eigenvalue weighted by atomic mass is 32.1. The van der Waals surface area contributed by atoms with Gasteiger partial charge in [0.05, 0.1) is 18.7 Å². The van der Waals surface area contributed by atoms with Gasteiger partial charge in [-0.25, -0.2) is 0 Å². The predicted molar refractivity (Wildman–Crippen MR) is 86.2 cm³/mol. The summed E-state index contributed by atoms with van der Waals surface area (Å²) in [5, 5.41) is 11.8. The number of aliphatic hydroxyl groups excluding tert-OH is 1. The van der Waals surface area contributed by atoms with Gasteiger partial charge in [-0.1, -0.05) is 12.1 Å². The van der Waals surface area contributed by atoms with Crippen molar-refractivity contribution in [3.05, 3.63) is 35.0 Å². The van der Waals surface area contributed by atoms with Gasteiger partial charge in [0.15, 0.2) is 0 Å². The summed E-state index contributed by atoms with van der Waals surface area (Å²) in [4.78, 5) is 17.8. The van der Waals surface area contributed by atoms with Gasteiger partial charge in [0.2, 0.25) is 5.91 Å². The minimum atomic E-state index is -0.306. The molecule has 1 saturated heterocycles. The second-order valence-corrected chi connectivity index (χ2v) is 6.59. The highest BCUT2D eigenvalue weighted by Crippen LogP contribution is 2.17. The summed E-state index contributed by atoms with van der Waals surface area (Å²) in [5.74, 6) is 0.109. The van der Waals surface area contributed by atoms with Crippen LogP contribution < -0.4 is 0 Å².